The predicted octanol–water partition coefficient (Wildman–Crippen LogP) is 4.19. The van der Waals surface area contributed by atoms with E-state index in [1.807, 2.05) is 6.08 Å². The van der Waals surface area contributed by atoms with Gasteiger partial charge in [-0.15, -0.1) is 0 Å². The Morgan fingerprint density at radius 2 is 1.94 bits per heavy atom. The second-order valence-electron chi connectivity index (χ2n) is 10.9. The fourth-order valence-electron chi connectivity index (χ4n) is 4.74. The van der Waals surface area contributed by atoms with E-state index >= 15 is 0 Å². The third-order valence-corrected chi connectivity index (χ3v) is 8.06. The molecule has 2 rings (SSSR count). The van der Waals surface area contributed by atoms with Crippen molar-refractivity contribution in [2.24, 2.45) is 11.8 Å². The SMILES string of the molecule is CC(C)(C)[SiH2]OC(C)(C)C1C(OC2CCCCO2)CC(O)C1C/C=C\CCCC(=O)O. The molecule has 5 unspecified atom stereocenters. The number of hydrogen-bond donors (Lipinski definition) is 2. The number of allylic oxidation sites excluding steroid dienone is 2. The number of rotatable bonds is 11. The van der Waals surface area contributed by atoms with Gasteiger partial charge in [0.15, 0.2) is 16.1 Å². The molecule has 1 aliphatic carbocycles. The Hall–Kier alpha value is -0.733. The lowest BCUT2D eigenvalue weighted by Gasteiger charge is -2.41. The molecule has 0 radical (unpaired) electrons. The molecule has 2 N–H and O–H groups in total. The molecule has 0 aromatic heterocycles. The van der Waals surface area contributed by atoms with Crippen LogP contribution in [0.15, 0.2) is 12.2 Å². The van der Waals surface area contributed by atoms with Crippen LogP contribution in [0.2, 0.25) is 5.04 Å². The zero-order valence-electron chi connectivity index (χ0n) is 20.1. The summed E-state index contributed by atoms with van der Waals surface area (Å²) >= 11 is 0. The fraction of sp³-hybridized carbons (Fsp3) is 0.875. The van der Waals surface area contributed by atoms with E-state index in [-0.39, 0.29) is 35.7 Å². The minimum Gasteiger partial charge on any atom is -0.481 e. The Labute approximate surface area is 190 Å². The van der Waals surface area contributed by atoms with E-state index in [1.54, 1.807) is 0 Å². The van der Waals surface area contributed by atoms with E-state index in [2.05, 4.69) is 40.7 Å². The first-order valence-electron chi connectivity index (χ1n) is 12.0. The van der Waals surface area contributed by atoms with Crippen molar-refractivity contribution >= 4 is 15.7 Å². The van der Waals surface area contributed by atoms with Crippen LogP contribution in [0.3, 0.4) is 0 Å². The van der Waals surface area contributed by atoms with Crippen LogP contribution in [0, 0.1) is 11.8 Å². The van der Waals surface area contributed by atoms with Crippen molar-refractivity contribution in [2.45, 2.75) is 115 Å². The summed E-state index contributed by atoms with van der Waals surface area (Å²) in [7, 11) is -0.761. The molecule has 1 saturated carbocycles. The molecule has 2 aliphatic rings. The predicted molar refractivity (Wildman–Crippen MR) is 125 cm³/mol. The van der Waals surface area contributed by atoms with Gasteiger partial charge in [0.25, 0.3) is 0 Å². The third-order valence-electron chi connectivity index (χ3n) is 6.31. The van der Waals surface area contributed by atoms with E-state index in [9.17, 15) is 9.90 Å². The minimum atomic E-state index is -0.761. The average molecular weight is 457 g/mol. The summed E-state index contributed by atoms with van der Waals surface area (Å²) in [5, 5.41) is 19.9. The van der Waals surface area contributed by atoms with Crippen LogP contribution in [0.4, 0.5) is 0 Å². The summed E-state index contributed by atoms with van der Waals surface area (Å²) in [6.45, 7) is 11.7. The van der Waals surface area contributed by atoms with Crippen LogP contribution in [0.1, 0.15) is 86.0 Å². The molecule has 1 saturated heterocycles. The van der Waals surface area contributed by atoms with Gasteiger partial charge in [-0.25, -0.2) is 0 Å². The number of aliphatic hydroxyl groups is 1. The van der Waals surface area contributed by atoms with Crippen molar-refractivity contribution < 1.29 is 28.9 Å². The maximum atomic E-state index is 10.9. The highest BCUT2D eigenvalue weighted by Crippen LogP contribution is 2.46. The molecular formula is C24H44O6Si. The van der Waals surface area contributed by atoms with Gasteiger partial charge in [-0.1, -0.05) is 32.9 Å². The molecule has 1 heterocycles. The minimum absolute atomic E-state index is 0.0493. The lowest BCUT2D eigenvalue weighted by Crippen LogP contribution is -2.46. The molecule has 6 nitrogen and oxygen atoms in total. The zero-order valence-corrected chi connectivity index (χ0v) is 21.6. The van der Waals surface area contributed by atoms with Crippen LogP contribution in [0.25, 0.3) is 0 Å². The van der Waals surface area contributed by atoms with Crippen molar-refractivity contribution in [3.63, 3.8) is 0 Å². The Balaban J connectivity index is 2.08. The van der Waals surface area contributed by atoms with E-state index < -0.39 is 27.4 Å². The normalized spacial score (nSPS) is 30.6. The summed E-state index contributed by atoms with van der Waals surface area (Å²) < 4.78 is 18.8. The summed E-state index contributed by atoms with van der Waals surface area (Å²) in [5.74, 6) is -0.633. The quantitative estimate of drug-likeness (QED) is 0.275. The van der Waals surface area contributed by atoms with Gasteiger partial charge in [0.05, 0.1) is 17.8 Å². The van der Waals surface area contributed by atoms with Crippen molar-refractivity contribution in [3.8, 4) is 0 Å². The van der Waals surface area contributed by atoms with Crippen LogP contribution in [0.5, 0.6) is 0 Å². The van der Waals surface area contributed by atoms with E-state index in [0.717, 1.165) is 38.7 Å². The smallest absolute Gasteiger partial charge is 0.303 e. The van der Waals surface area contributed by atoms with Gasteiger partial charge in [0.1, 0.15) is 0 Å². The summed E-state index contributed by atoms with van der Waals surface area (Å²) in [6.07, 6.45) is 9.44. The molecule has 180 valence electrons. The highest BCUT2D eigenvalue weighted by Gasteiger charge is 2.51. The number of aliphatic hydroxyl groups excluding tert-OH is 1. The second kappa shape index (κ2) is 11.9. The molecule has 2 fully saturated rings. The molecule has 5 atom stereocenters. The highest BCUT2D eigenvalue weighted by molar-refractivity contribution is 6.31. The standard InChI is InChI=1S/C24H44O6Si/c1-23(2,3)31-30-24(4,5)22-17(12-8-6-7-9-13-20(26)27)18(25)16-19(22)29-21-14-10-11-15-28-21/h6,8,17-19,21-22,25H,7,9-16,31H2,1-5H3,(H,26,27)/b8-6-. The van der Waals surface area contributed by atoms with Crippen LogP contribution in [-0.4, -0.2) is 56.7 Å². The maximum absolute atomic E-state index is 10.9. The Bertz CT molecular complexity index is 579. The van der Waals surface area contributed by atoms with Gasteiger partial charge in [-0.3, -0.25) is 4.79 Å². The Kier molecular flexibility index (Phi) is 10.2. The topological polar surface area (TPSA) is 85.2 Å². The van der Waals surface area contributed by atoms with Crippen molar-refractivity contribution in [1.29, 1.82) is 0 Å². The van der Waals surface area contributed by atoms with E-state index in [4.69, 9.17) is 19.0 Å². The molecule has 0 aromatic carbocycles. The van der Waals surface area contributed by atoms with Crippen molar-refractivity contribution in [1.82, 2.24) is 0 Å². The molecule has 31 heavy (non-hydrogen) atoms. The largest absolute Gasteiger partial charge is 0.481 e. The molecule has 1 aliphatic heterocycles. The number of unbranched alkanes of at least 4 members (excludes halogenated alkanes) is 1. The van der Waals surface area contributed by atoms with Crippen LogP contribution < -0.4 is 0 Å². The lowest BCUT2D eigenvalue weighted by molar-refractivity contribution is -0.206. The first-order chi connectivity index (χ1) is 14.5. The Morgan fingerprint density at radius 1 is 1.19 bits per heavy atom. The number of hydrogen-bond acceptors (Lipinski definition) is 5. The fourth-order valence-corrected chi connectivity index (χ4v) is 5.73. The lowest BCUT2D eigenvalue weighted by atomic mass is 9.79. The summed E-state index contributed by atoms with van der Waals surface area (Å²) in [4.78, 5) is 10.7. The second-order valence-corrected chi connectivity index (χ2v) is 13.6. The van der Waals surface area contributed by atoms with Gasteiger partial charge < -0.3 is 24.1 Å². The first kappa shape index (κ1) is 26.5. The monoisotopic (exact) mass is 456 g/mol. The van der Waals surface area contributed by atoms with Gasteiger partial charge in [0, 0.05) is 25.4 Å². The van der Waals surface area contributed by atoms with Crippen molar-refractivity contribution in [3.05, 3.63) is 12.2 Å². The van der Waals surface area contributed by atoms with Gasteiger partial charge in [0.2, 0.25) is 0 Å². The highest BCUT2D eigenvalue weighted by atomic mass is 28.2. The maximum Gasteiger partial charge on any atom is 0.303 e. The van der Waals surface area contributed by atoms with Gasteiger partial charge in [-0.2, -0.15) is 0 Å². The molecule has 0 aromatic rings. The molecule has 0 bridgehead atoms. The molecule has 0 amide bonds. The summed E-state index contributed by atoms with van der Waals surface area (Å²) in [6, 6.07) is 0. The number of carboxylic acid groups (broad SMARTS) is 1. The van der Waals surface area contributed by atoms with Crippen molar-refractivity contribution in [2.75, 3.05) is 6.61 Å². The number of ether oxygens (including phenoxy) is 2. The van der Waals surface area contributed by atoms with Crippen LogP contribution >= 0.6 is 0 Å². The number of carbonyl (C=O) groups is 1. The molecule has 7 heteroatoms. The number of carboxylic acids is 1. The molecule has 0 spiro atoms. The number of aliphatic carboxylic acids is 1. The van der Waals surface area contributed by atoms with E-state index in [0.29, 0.717) is 12.8 Å². The zero-order chi connectivity index (χ0) is 23.1. The van der Waals surface area contributed by atoms with Gasteiger partial charge in [-0.05, 0) is 63.3 Å². The Morgan fingerprint density at radius 3 is 2.55 bits per heavy atom. The van der Waals surface area contributed by atoms with Crippen LogP contribution in [-0.2, 0) is 18.7 Å². The van der Waals surface area contributed by atoms with E-state index in [1.165, 1.54) is 0 Å². The third kappa shape index (κ3) is 8.96. The van der Waals surface area contributed by atoms with Gasteiger partial charge >= 0.3 is 5.97 Å². The summed E-state index contributed by atoms with van der Waals surface area (Å²) in [5.41, 5.74) is -0.391. The first-order valence-corrected chi connectivity index (χ1v) is 13.2. The average Bonchev–Trinajstić information content (AvgIpc) is 2.99. The molecular weight excluding hydrogens is 412 g/mol.